The van der Waals surface area contributed by atoms with Crippen molar-refractivity contribution >= 4 is 23.4 Å². The van der Waals surface area contributed by atoms with Crippen LogP contribution in [0.3, 0.4) is 0 Å². The molecule has 192 valence electrons. The summed E-state index contributed by atoms with van der Waals surface area (Å²) in [4.78, 5) is 29.8. The van der Waals surface area contributed by atoms with E-state index in [0.29, 0.717) is 24.6 Å². The van der Waals surface area contributed by atoms with Crippen LogP contribution in [-0.4, -0.2) is 65.2 Å². The Morgan fingerprint density at radius 3 is 2.22 bits per heavy atom. The third kappa shape index (κ3) is 7.18. The van der Waals surface area contributed by atoms with E-state index in [1.807, 2.05) is 87.4 Å². The van der Waals surface area contributed by atoms with Crippen LogP contribution in [0.15, 0.2) is 54.6 Å². The van der Waals surface area contributed by atoms with E-state index in [9.17, 15) is 9.59 Å². The van der Waals surface area contributed by atoms with E-state index in [0.717, 1.165) is 22.5 Å². The molecule has 8 nitrogen and oxygen atoms in total. The molecule has 1 heterocycles. The van der Waals surface area contributed by atoms with E-state index in [1.165, 1.54) is 4.90 Å². The number of amides is 3. The molecule has 2 N–H and O–H groups in total. The van der Waals surface area contributed by atoms with Gasteiger partial charge in [0.25, 0.3) is 0 Å². The topological polar surface area (TPSA) is 82.5 Å². The fourth-order valence-corrected chi connectivity index (χ4v) is 3.59. The van der Waals surface area contributed by atoms with E-state index in [2.05, 4.69) is 31.4 Å². The van der Waals surface area contributed by atoms with Gasteiger partial charge in [0.1, 0.15) is 12.4 Å². The van der Waals surface area contributed by atoms with Crippen LogP contribution in [0.5, 0.6) is 0 Å². The van der Waals surface area contributed by atoms with Crippen molar-refractivity contribution in [1.29, 1.82) is 0 Å². The summed E-state index contributed by atoms with van der Waals surface area (Å²) in [5, 5.41) is 10.7. The molecule has 0 aliphatic heterocycles. The highest BCUT2D eigenvalue weighted by molar-refractivity contribution is 5.96. The number of urea groups is 1. The lowest BCUT2D eigenvalue weighted by atomic mass is 9.92. The molecule has 3 rings (SSSR count). The Morgan fingerprint density at radius 1 is 0.944 bits per heavy atom. The van der Waals surface area contributed by atoms with Crippen LogP contribution in [-0.2, 0) is 10.2 Å². The van der Waals surface area contributed by atoms with Crippen molar-refractivity contribution in [2.45, 2.75) is 40.0 Å². The minimum atomic E-state index is -0.321. The number of hydrogen-bond donors (Lipinski definition) is 2. The molecule has 8 heteroatoms. The predicted molar refractivity (Wildman–Crippen MR) is 146 cm³/mol. The summed E-state index contributed by atoms with van der Waals surface area (Å²) in [6, 6.07) is 17.1. The number of aromatic nitrogens is 2. The minimum absolute atomic E-state index is 0.0880. The molecular weight excluding hydrogens is 452 g/mol. The SMILES string of the molecule is Cc1ccc(NC(=O)N(CCN(C)C)CC(=O)Nc2cc(C(C)(C)C)nn2-c2ccccc2C)cc1. The monoisotopic (exact) mass is 490 g/mol. The minimum Gasteiger partial charge on any atom is -0.314 e. The van der Waals surface area contributed by atoms with E-state index >= 15 is 0 Å². The molecule has 0 saturated carbocycles. The number of anilines is 2. The molecule has 0 saturated heterocycles. The molecule has 0 aliphatic carbocycles. The standard InChI is InChI=1S/C28H38N6O2/c1-20-12-14-22(15-13-20)29-27(36)33(17-16-32(6)7)19-26(35)30-25-18-24(28(3,4)5)31-34(25)23-11-9-8-10-21(23)2/h8-15,18H,16-17,19H2,1-7H3,(H,29,36)(H,30,35). The lowest BCUT2D eigenvalue weighted by molar-refractivity contribution is -0.116. The van der Waals surface area contributed by atoms with Crippen molar-refractivity contribution in [3.63, 3.8) is 0 Å². The molecule has 0 unspecified atom stereocenters. The maximum Gasteiger partial charge on any atom is 0.322 e. The normalized spacial score (nSPS) is 11.4. The van der Waals surface area contributed by atoms with Crippen LogP contribution < -0.4 is 10.6 Å². The van der Waals surface area contributed by atoms with Gasteiger partial charge in [-0.2, -0.15) is 5.10 Å². The zero-order valence-corrected chi connectivity index (χ0v) is 22.4. The molecule has 36 heavy (non-hydrogen) atoms. The lowest BCUT2D eigenvalue weighted by Crippen LogP contribution is -2.43. The molecule has 1 aromatic heterocycles. The highest BCUT2D eigenvalue weighted by Crippen LogP contribution is 2.27. The maximum atomic E-state index is 13.2. The number of aryl methyl sites for hydroxylation is 2. The second-order valence-electron chi connectivity index (χ2n) is 10.4. The summed E-state index contributed by atoms with van der Waals surface area (Å²) in [6.07, 6.45) is 0. The number of carbonyl (C=O) groups is 2. The van der Waals surface area contributed by atoms with E-state index in [1.54, 1.807) is 4.68 Å². The van der Waals surface area contributed by atoms with Crippen molar-refractivity contribution < 1.29 is 9.59 Å². The van der Waals surface area contributed by atoms with Gasteiger partial charge in [-0.05, 0) is 51.7 Å². The molecule has 0 spiro atoms. The number of para-hydroxylation sites is 1. The second kappa shape index (κ2) is 11.4. The molecule has 3 amide bonds. The summed E-state index contributed by atoms with van der Waals surface area (Å²) < 4.78 is 1.77. The quantitative estimate of drug-likeness (QED) is 0.474. The molecule has 0 atom stereocenters. The number of hydrogen-bond acceptors (Lipinski definition) is 4. The number of benzene rings is 2. The summed E-state index contributed by atoms with van der Waals surface area (Å²) in [6.45, 7) is 11.2. The number of rotatable bonds is 8. The van der Waals surface area contributed by atoms with Crippen molar-refractivity contribution in [1.82, 2.24) is 19.6 Å². The first-order valence-corrected chi connectivity index (χ1v) is 12.2. The number of carbonyl (C=O) groups excluding carboxylic acids is 2. The van der Waals surface area contributed by atoms with Gasteiger partial charge in [-0.25, -0.2) is 9.48 Å². The summed E-state index contributed by atoms with van der Waals surface area (Å²) in [5.74, 6) is 0.286. The molecule has 0 bridgehead atoms. The van der Waals surface area contributed by atoms with Gasteiger partial charge in [0, 0.05) is 30.3 Å². The van der Waals surface area contributed by atoms with Crippen LogP contribution in [0.4, 0.5) is 16.3 Å². The molecule has 0 radical (unpaired) electrons. The highest BCUT2D eigenvalue weighted by atomic mass is 16.2. The highest BCUT2D eigenvalue weighted by Gasteiger charge is 2.23. The van der Waals surface area contributed by atoms with Crippen LogP contribution in [0, 0.1) is 13.8 Å². The maximum absolute atomic E-state index is 13.2. The molecular formula is C28H38N6O2. The molecule has 0 aliphatic rings. The van der Waals surface area contributed by atoms with Crippen LogP contribution in [0.2, 0.25) is 0 Å². The first-order valence-electron chi connectivity index (χ1n) is 12.2. The summed E-state index contributed by atoms with van der Waals surface area (Å²) >= 11 is 0. The van der Waals surface area contributed by atoms with Crippen LogP contribution in [0.25, 0.3) is 5.69 Å². The first-order chi connectivity index (χ1) is 16.9. The Balaban J connectivity index is 1.82. The Kier molecular flexibility index (Phi) is 8.53. The average molecular weight is 491 g/mol. The molecule has 2 aromatic carbocycles. The van der Waals surface area contributed by atoms with Crippen molar-refractivity contribution in [2.75, 3.05) is 44.4 Å². The van der Waals surface area contributed by atoms with Crippen LogP contribution >= 0.6 is 0 Å². The van der Waals surface area contributed by atoms with Gasteiger partial charge in [0.05, 0.1) is 11.4 Å². The smallest absolute Gasteiger partial charge is 0.314 e. The summed E-state index contributed by atoms with van der Waals surface area (Å²) in [7, 11) is 3.87. The van der Waals surface area contributed by atoms with E-state index in [-0.39, 0.29) is 23.9 Å². The van der Waals surface area contributed by atoms with E-state index in [4.69, 9.17) is 5.10 Å². The van der Waals surface area contributed by atoms with Gasteiger partial charge >= 0.3 is 6.03 Å². The van der Waals surface area contributed by atoms with Crippen molar-refractivity contribution in [3.05, 3.63) is 71.4 Å². The van der Waals surface area contributed by atoms with Gasteiger partial charge in [0.15, 0.2) is 0 Å². The Hall–Kier alpha value is -3.65. The van der Waals surface area contributed by atoms with Crippen molar-refractivity contribution in [3.8, 4) is 5.69 Å². The number of nitrogens with zero attached hydrogens (tertiary/aromatic N) is 4. The fourth-order valence-electron chi connectivity index (χ4n) is 3.59. The zero-order chi connectivity index (χ0) is 26.5. The fraction of sp³-hybridized carbons (Fsp3) is 0.393. The largest absolute Gasteiger partial charge is 0.322 e. The van der Waals surface area contributed by atoms with Crippen LogP contribution in [0.1, 0.15) is 37.6 Å². The number of likely N-dealkylation sites (N-methyl/N-ethyl adjacent to an activating group) is 1. The summed E-state index contributed by atoms with van der Waals surface area (Å²) in [5.41, 5.74) is 4.40. The van der Waals surface area contributed by atoms with Gasteiger partial charge in [-0.15, -0.1) is 0 Å². The zero-order valence-electron chi connectivity index (χ0n) is 22.4. The second-order valence-corrected chi connectivity index (χ2v) is 10.4. The predicted octanol–water partition coefficient (Wildman–Crippen LogP) is 4.82. The molecule has 0 fully saturated rings. The lowest BCUT2D eigenvalue weighted by Gasteiger charge is -2.24. The van der Waals surface area contributed by atoms with Gasteiger partial charge in [-0.1, -0.05) is 56.7 Å². The van der Waals surface area contributed by atoms with Gasteiger partial charge < -0.3 is 20.4 Å². The third-order valence-corrected chi connectivity index (χ3v) is 5.83. The first kappa shape index (κ1) is 26.9. The number of nitrogens with one attached hydrogen (secondary N) is 2. The third-order valence-electron chi connectivity index (χ3n) is 5.83. The van der Waals surface area contributed by atoms with Crippen molar-refractivity contribution in [2.24, 2.45) is 0 Å². The van der Waals surface area contributed by atoms with Gasteiger partial charge in [-0.3, -0.25) is 4.79 Å². The molecule has 3 aromatic rings. The average Bonchev–Trinajstić information content (AvgIpc) is 3.22. The van der Waals surface area contributed by atoms with E-state index < -0.39 is 0 Å². The Labute approximate surface area is 214 Å². The van der Waals surface area contributed by atoms with Gasteiger partial charge in [0.2, 0.25) is 5.91 Å². The Morgan fingerprint density at radius 2 is 1.61 bits per heavy atom. The Bertz CT molecular complexity index is 1190.